The van der Waals surface area contributed by atoms with Crippen molar-refractivity contribution in [2.75, 3.05) is 35.2 Å². The Bertz CT molecular complexity index is 1530. The molecule has 2 aromatic heterocycles. The monoisotopic (exact) mass is 538 g/mol. The lowest BCUT2D eigenvalue weighted by molar-refractivity contribution is 0.0303. The Morgan fingerprint density at radius 1 is 1.02 bits per heavy atom. The quantitative estimate of drug-likeness (QED) is 0.306. The summed E-state index contributed by atoms with van der Waals surface area (Å²) in [6, 6.07) is 16.6. The molecule has 11 heteroatoms. The maximum absolute atomic E-state index is 12.5. The third-order valence-corrected chi connectivity index (χ3v) is 7.27. The normalized spacial score (nSPS) is 18.1. The van der Waals surface area contributed by atoms with Crippen molar-refractivity contribution in [3.63, 3.8) is 0 Å². The van der Waals surface area contributed by atoms with Crippen LogP contribution in [0.3, 0.4) is 0 Å². The van der Waals surface area contributed by atoms with E-state index in [1.54, 1.807) is 23.0 Å². The van der Waals surface area contributed by atoms with Gasteiger partial charge in [-0.25, -0.2) is 19.4 Å². The first-order valence-corrected chi connectivity index (χ1v) is 13.5. The summed E-state index contributed by atoms with van der Waals surface area (Å²) in [4.78, 5) is 24.6. The number of nitrogens with one attached hydrogen (secondary N) is 2. The topological polar surface area (TPSA) is 141 Å². The van der Waals surface area contributed by atoms with Gasteiger partial charge in [-0.3, -0.25) is 0 Å². The molecule has 6 rings (SSSR count). The van der Waals surface area contributed by atoms with E-state index in [1.165, 1.54) is 0 Å². The SMILES string of the molecule is N#CCCn1ncc2c(N3CC4CCC(C3)O4)nc(-c3ccc(NC(=O)Nc4ccc(CCO)cc4)cc3)nc21. The van der Waals surface area contributed by atoms with Crippen LogP contribution in [0.15, 0.2) is 54.7 Å². The minimum absolute atomic E-state index is 0.0858. The Morgan fingerprint density at radius 2 is 1.70 bits per heavy atom. The van der Waals surface area contributed by atoms with Crippen LogP contribution >= 0.6 is 0 Å². The van der Waals surface area contributed by atoms with E-state index in [-0.39, 0.29) is 24.8 Å². The van der Waals surface area contributed by atoms with E-state index in [9.17, 15) is 4.79 Å². The van der Waals surface area contributed by atoms with Crippen molar-refractivity contribution in [2.24, 2.45) is 0 Å². The molecule has 2 atom stereocenters. The maximum Gasteiger partial charge on any atom is 0.323 e. The summed E-state index contributed by atoms with van der Waals surface area (Å²) >= 11 is 0. The Labute approximate surface area is 231 Å². The molecule has 204 valence electrons. The van der Waals surface area contributed by atoms with Crippen LogP contribution in [0.1, 0.15) is 24.8 Å². The van der Waals surface area contributed by atoms with Crippen LogP contribution in [0, 0.1) is 11.3 Å². The van der Waals surface area contributed by atoms with Gasteiger partial charge in [0.1, 0.15) is 5.82 Å². The van der Waals surface area contributed by atoms with E-state index < -0.39 is 0 Å². The van der Waals surface area contributed by atoms with Crippen molar-refractivity contribution in [1.82, 2.24) is 19.7 Å². The van der Waals surface area contributed by atoms with Gasteiger partial charge in [-0.15, -0.1) is 0 Å². The smallest absolute Gasteiger partial charge is 0.323 e. The second-order valence-electron chi connectivity index (χ2n) is 10.1. The number of urea groups is 1. The van der Waals surface area contributed by atoms with E-state index in [2.05, 4.69) is 26.7 Å². The molecule has 2 unspecified atom stereocenters. The summed E-state index contributed by atoms with van der Waals surface area (Å²) in [7, 11) is 0. The number of amides is 2. The predicted octanol–water partition coefficient (Wildman–Crippen LogP) is 3.95. The number of rotatable bonds is 8. The van der Waals surface area contributed by atoms with Crippen LogP contribution in [-0.2, 0) is 17.7 Å². The molecular weight excluding hydrogens is 508 g/mol. The molecule has 0 spiro atoms. The van der Waals surface area contributed by atoms with Crippen LogP contribution in [0.4, 0.5) is 22.0 Å². The largest absolute Gasteiger partial charge is 0.396 e. The molecule has 40 heavy (non-hydrogen) atoms. The van der Waals surface area contributed by atoms with Gasteiger partial charge in [0.25, 0.3) is 0 Å². The van der Waals surface area contributed by atoms with Crippen LogP contribution in [0.25, 0.3) is 22.4 Å². The fourth-order valence-electron chi connectivity index (χ4n) is 5.30. The van der Waals surface area contributed by atoms with Crippen molar-refractivity contribution in [1.29, 1.82) is 5.26 Å². The summed E-state index contributed by atoms with van der Waals surface area (Å²) in [5.41, 5.74) is 3.79. The molecule has 2 aliphatic heterocycles. The van der Waals surface area contributed by atoms with E-state index in [1.807, 2.05) is 36.4 Å². The fourth-order valence-corrected chi connectivity index (χ4v) is 5.30. The number of fused-ring (bicyclic) bond motifs is 3. The first kappa shape index (κ1) is 25.7. The molecule has 4 aromatic rings. The molecule has 2 bridgehead atoms. The van der Waals surface area contributed by atoms with Crippen molar-refractivity contribution in [2.45, 2.75) is 44.4 Å². The molecule has 3 N–H and O–H groups in total. The number of hydrogen-bond donors (Lipinski definition) is 3. The lowest BCUT2D eigenvalue weighted by Crippen LogP contribution is -2.43. The third-order valence-electron chi connectivity index (χ3n) is 7.27. The summed E-state index contributed by atoms with van der Waals surface area (Å²) in [5.74, 6) is 1.38. The van der Waals surface area contributed by atoms with Gasteiger partial charge >= 0.3 is 6.03 Å². The summed E-state index contributed by atoms with van der Waals surface area (Å²) in [6.07, 6.45) is 5.22. The van der Waals surface area contributed by atoms with Gasteiger partial charge in [-0.1, -0.05) is 12.1 Å². The number of aromatic nitrogens is 4. The first-order chi connectivity index (χ1) is 19.6. The van der Waals surface area contributed by atoms with E-state index in [4.69, 9.17) is 25.1 Å². The number of aliphatic hydroxyl groups is 1. The van der Waals surface area contributed by atoms with Crippen LogP contribution in [0.5, 0.6) is 0 Å². The average molecular weight is 539 g/mol. The molecule has 11 nitrogen and oxygen atoms in total. The highest BCUT2D eigenvalue weighted by Gasteiger charge is 2.35. The number of aliphatic hydroxyl groups excluding tert-OH is 1. The fraction of sp³-hybridized carbons (Fsp3) is 0.345. The summed E-state index contributed by atoms with van der Waals surface area (Å²) < 4.78 is 7.80. The summed E-state index contributed by atoms with van der Waals surface area (Å²) in [6.45, 7) is 2.08. The number of carbonyl (C=O) groups excluding carboxylic acids is 1. The zero-order valence-corrected chi connectivity index (χ0v) is 22.0. The number of anilines is 3. The molecule has 2 aromatic carbocycles. The Hall–Kier alpha value is -4.53. The Morgan fingerprint density at radius 3 is 2.35 bits per heavy atom. The number of nitrogens with zero attached hydrogens (tertiary/aromatic N) is 6. The number of benzene rings is 2. The minimum atomic E-state index is -0.356. The summed E-state index contributed by atoms with van der Waals surface area (Å²) in [5, 5.41) is 29.2. The molecule has 0 radical (unpaired) electrons. The van der Waals surface area contributed by atoms with Crippen molar-refractivity contribution < 1.29 is 14.6 Å². The molecular formula is C29H30N8O3. The predicted molar refractivity (Wildman–Crippen MR) is 151 cm³/mol. The number of aryl methyl sites for hydroxylation is 1. The molecule has 2 fully saturated rings. The molecule has 0 aliphatic carbocycles. The highest BCUT2D eigenvalue weighted by molar-refractivity contribution is 5.99. The number of morpholine rings is 1. The zero-order chi connectivity index (χ0) is 27.5. The van der Waals surface area contributed by atoms with Crippen molar-refractivity contribution in [3.05, 3.63) is 60.3 Å². The Balaban J connectivity index is 1.23. The van der Waals surface area contributed by atoms with Gasteiger partial charge in [0.05, 0.1) is 42.8 Å². The van der Waals surface area contributed by atoms with Gasteiger partial charge in [0.15, 0.2) is 11.5 Å². The highest BCUT2D eigenvalue weighted by Crippen LogP contribution is 2.34. The lowest BCUT2D eigenvalue weighted by atomic mass is 10.1. The van der Waals surface area contributed by atoms with Crippen LogP contribution < -0.4 is 15.5 Å². The van der Waals surface area contributed by atoms with Gasteiger partial charge in [0.2, 0.25) is 0 Å². The average Bonchev–Trinajstić information content (AvgIpc) is 3.54. The number of ether oxygens (including phenoxy) is 1. The van der Waals surface area contributed by atoms with Crippen molar-refractivity contribution >= 4 is 34.3 Å². The van der Waals surface area contributed by atoms with E-state index in [0.29, 0.717) is 42.2 Å². The second kappa shape index (κ2) is 11.3. The second-order valence-corrected chi connectivity index (χ2v) is 10.1. The van der Waals surface area contributed by atoms with Gasteiger partial charge < -0.3 is 25.4 Å². The Kier molecular flexibility index (Phi) is 7.27. The zero-order valence-electron chi connectivity index (χ0n) is 22.0. The number of carbonyl (C=O) groups is 1. The highest BCUT2D eigenvalue weighted by atomic mass is 16.5. The van der Waals surface area contributed by atoms with Gasteiger partial charge in [-0.05, 0) is 61.2 Å². The van der Waals surface area contributed by atoms with Crippen LogP contribution in [-0.4, -0.2) is 62.8 Å². The van der Waals surface area contributed by atoms with Gasteiger partial charge in [0, 0.05) is 36.6 Å². The van der Waals surface area contributed by atoms with E-state index >= 15 is 0 Å². The molecule has 2 amide bonds. The van der Waals surface area contributed by atoms with E-state index in [0.717, 1.165) is 48.3 Å². The van der Waals surface area contributed by atoms with Crippen molar-refractivity contribution in [3.8, 4) is 17.5 Å². The first-order valence-electron chi connectivity index (χ1n) is 13.5. The number of nitriles is 1. The minimum Gasteiger partial charge on any atom is -0.396 e. The molecule has 2 aliphatic rings. The third kappa shape index (κ3) is 5.45. The standard InChI is InChI=1S/C29H30N8O3/c30-13-1-14-37-28-25(16-31-37)27(36-17-23-10-11-24(18-36)40-23)34-26(35-28)20-4-8-22(9-5-20)33-29(39)32-21-6-2-19(3-7-21)12-15-38/h2-9,16,23-24,38H,1,10-12,14-15,17-18H2,(H2,32,33,39). The molecule has 2 saturated heterocycles. The number of hydrogen-bond acceptors (Lipinski definition) is 8. The molecule has 0 saturated carbocycles. The van der Waals surface area contributed by atoms with Crippen LogP contribution in [0.2, 0.25) is 0 Å². The molecule has 4 heterocycles. The van der Waals surface area contributed by atoms with Gasteiger partial charge in [-0.2, -0.15) is 10.4 Å². The maximum atomic E-state index is 12.5. The lowest BCUT2D eigenvalue weighted by Gasteiger charge is -2.33.